The monoisotopic (exact) mass is 271 g/mol. The van der Waals surface area contributed by atoms with E-state index in [0.29, 0.717) is 19.1 Å². The maximum atomic E-state index is 12.1. The average molecular weight is 271 g/mol. The second-order valence-corrected chi connectivity index (χ2v) is 6.31. The van der Waals surface area contributed by atoms with Crippen LogP contribution >= 0.6 is 0 Å². The highest BCUT2D eigenvalue weighted by atomic mass is 16.6. The number of carbonyl (C=O) groups is 1. The third-order valence-corrected chi connectivity index (χ3v) is 3.61. The lowest BCUT2D eigenvalue weighted by atomic mass is 10.1. The molecule has 2 unspecified atom stereocenters. The lowest BCUT2D eigenvalue weighted by Gasteiger charge is -2.43. The van der Waals surface area contributed by atoms with Crippen LogP contribution < -0.4 is 5.73 Å². The van der Waals surface area contributed by atoms with Gasteiger partial charge in [-0.2, -0.15) is 0 Å². The van der Waals surface area contributed by atoms with E-state index in [9.17, 15) is 4.79 Å². The molecule has 0 aromatic heterocycles. The molecule has 5 nitrogen and oxygen atoms in total. The molecule has 1 rings (SSSR count). The predicted molar refractivity (Wildman–Crippen MR) is 77.1 cm³/mol. The number of amides is 1. The highest BCUT2D eigenvalue weighted by Crippen LogP contribution is 2.17. The number of carbonyl (C=O) groups excluding carboxylic acids is 1. The van der Waals surface area contributed by atoms with Crippen LogP contribution in [-0.4, -0.2) is 59.8 Å². The Morgan fingerprint density at radius 2 is 2.05 bits per heavy atom. The van der Waals surface area contributed by atoms with E-state index in [0.717, 1.165) is 19.5 Å². The van der Waals surface area contributed by atoms with Gasteiger partial charge in [-0.1, -0.05) is 6.92 Å². The molecule has 5 heteroatoms. The number of nitrogens with two attached hydrogens (primary N) is 1. The van der Waals surface area contributed by atoms with Crippen molar-refractivity contribution in [1.82, 2.24) is 9.80 Å². The number of nitrogens with zero attached hydrogens (tertiary/aromatic N) is 2. The molecule has 1 saturated heterocycles. The van der Waals surface area contributed by atoms with Gasteiger partial charge in [-0.15, -0.1) is 0 Å². The molecule has 0 spiro atoms. The molecular weight excluding hydrogens is 242 g/mol. The van der Waals surface area contributed by atoms with Gasteiger partial charge in [0, 0.05) is 38.3 Å². The zero-order valence-electron chi connectivity index (χ0n) is 13.0. The summed E-state index contributed by atoms with van der Waals surface area (Å²) in [6.07, 6.45) is 0.873. The Balaban J connectivity index is 2.61. The van der Waals surface area contributed by atoms with E-state index in [1.165, 1.54) is 0 Å². The Labute approximate surface area is 117 Å². The molecule has 112 valence electrons. The lowest BCUT2D eigenvalue weighted by Crippen LogP contribution is -2.59. The number of piperazine rings is 1. The molecule has 0 bridgehead atoms. The van der Waals surface area contributed by atoms with E-state index in [4.69, 9.17) is 10.5 Å². The second-order valence-electron chi connectivity index (χ2n) is 6.31. The fourth-order valence-electron chi connectivity index (χ4n) is 2.39. The molecule has 1 aliphatic rings. The van der Waals surface area contributed by atoms with Gasteiger partial charge < -0.3 is 15.4 Å². The topological polar surface area (TPSA) is 58.8 Å². The lowest BCUT2D eigenvalue weighted by molar-refractivity contribution is -0.00215. The van der Waals surface area contributed by atoms with Crippen LogP contribution in [0.15, 0.2) is 0 Å². The first kappa shape index (κ1) is 16.2. The molecule has 0 aliphatic carbocycles. The fourth-order valence-corrected chi connectivity index (χ4v) is 2.39. The van der Waals surface area contributed by atoms with Gasteiger partial charge in [0.05, 0.1) is 0 Å². The Hall–Kier alpha value is -0.810. The summed E-state index contributed by atoms with van der Waals surface area (Å²) in [5.74, 6) is 0. The van der Waals surface area contributed by atoms with Crippen molar-refractivity contribution < 1.29 is 9.53 Å². The molecule has 0 saturated carbocycles. The Bertz CT molecular complexity index is 302. The van der Waals surface area contributed by atoms with E-state index in [2.05, 4.69) is 18.7 Å². The Morgan fingerprint density at radius 1 is 1.42 bits per heavy atom. The standard InChI is InChI=1S/C14H29N3O2/c1-6-11(2)17-8-7-16(10-12(17)9-15)13(18)19-14(3,4)5/h11-12H,6-10,15H2,1-5H3. The third-order valence-electron chi connectivity index (χ3n) is 3.61. The first-order valence-corrected chi connectivity index (χ1v) is 7.22. The van der Waals surface area contributed by atoms with Crippen molar-refractivity contribution in [3.05, 3.63) is 0 Å². The van der Waals surface area contributed by atoms with Crippen molar-refractivity contribution in [1.29, 1.82) is 0 Å². The van der Waals surface area contributed by atoms with Crippen LogP contribution in [0.3, 0.4) is 0 Å². The first-order chi connectivity index (χ1) is 8.78. The summed E-state index contributed by atoms with van der Waals surface area (Å²) in [4.78, 5) is 16.2. The van der Waals surface area contributed by atoms with Crippen molar-refractivity contribution >= 4 is 6.09 Å². The van der Waals surface area contributed by atoms with Gasteiger partial charge >= 0.3 is 6.09 Å². The normalized spacial score (nSPS) is 23.3. The summed E-state index contributed by atoms with van der Waals surface area (Å²) in [6, 6.07) is 0.741. The molecular formula is C14H29N3O2. The van der Waals surface area contributed by atoms with E-state index in [1.807, 2.05) is 20.8 Å². The van der Waals surface area contributed by atoms with Gasteiger partial charge in [0.15, 0.2) is 0 Å². The largest absolute Gasteiger partial charge is 0.444 e. The van der Waals surface area contributed by atoms with E-state index < -0.39 is 5.60 Å². The first-order valence-electron chi connectivity index (χ1n) is 7.22. The van der Waals surface area contributed by atoms with E-state index in [1.54, 1.807) is 4.90 Å². The van der Waals surface area contributed by atoms with Crippen LogP contribution in [0.2, 0.25) is 0 Å². The molecule has 19 heavy (non-hydrogen) atoms. The average Bonchev–Trinajstić information content (AvgIpc) is 2.35. The summed E-state index contributed by atoms with van der Waals surface area (Å²) in [7, 11) is 0. The van der Waals surface area contributed by atoms with Crippen LogP contribution in [-0.2, 0) is 4.74 Å². The smallest absolute Gasteiger partial charge is 0.410 e. The minimum Gasteiger partial charge on any atom is -0.444 e. The highest BCUT2D eigenvalue weighted by molar-refractivity contribution is 5.68. The van der Waals surface area contributed by atoms with Gasteiger partial charge in [-0.3, -0.25) is 4.90 Å². The van der Waals surface area contributed by atoms with Gasteiger partial charge in [-0.25, -0.2) is 4.79 Å². The zero-order valence-corrected chi connectivity index (χ0v) is 13.0. The van der Waals surface area contributed by atoms with Crippen LogP contribution in [0, 0.1) is 0 Å². The number of hydrogen-bond acceptors (Lipinski definition) is 4. The van der Waals surface area contributed by atoms with Gasteiger partial charge in [0.2, 0.25) is 0 Å². The number of rotatable bonds is 3. The maximum absolute atomic E-state index is 12.1. The van der Waals surface area contributed by atoms with Crippen molar-refractivity contribution in [3.8, 4) is 0 Å². The molecule has 0 radical (unpaired) electrons. The summed E-state index contributed by atoms with van der Waals surface area (Å²) in [5.41, 5.74) is 5.41. The van der Waals surface area contributed by atoms with Crippen molar-refractivity contribution in [2.24, 2.45) is 5.73 Å². The van der Waals surface area contributed by atoms with Gasteiger partial charge in [0.1, 0.15) is 5.60 Å². The maximum Gasteiger partial charge on any atom is 0.410 e. The molecule has 1 amide bonds. The van der Waals surface area contributed by atoms with Crippen LogP contribution in [0.5, 0.6) is 0 Å². The minimum atomic E-state index is -0.441. The van der Waals surface area contributed by atoms with E-state index in [-0.39, 0.29) is 12.1 Å². The number of hydrogen-bond donors (Lipinski definition) is 1. The van der Waals surface area contributed by atoms with Gasteiger partial charge in [0.25, 0.3) is 0 Å². The predicted octanol–water partition coefficient (Wildman–Crippen LogP) is 1.66. The molecule has 1 aliphatic heterocycles. The Morgan fingerprint density at radius 3 is 2.53 bits per heavy atom. The molecule has 1 fully saturated rings. The molecule has 2 atom stereocenters. The van der Waals surface area contributed by atoms with E-state index >= 15 is 0 Å². The molecule has 0 aromatic rings. The van der Waals surface area contributed by atoms with Crippen molar-refractivity contribution in [2.75, 3.05) is 26.2 Å². The quantitative estimate of drug-likeness (QED) is 0.848. The SMILES string of the molecule is CCC(C)N1CCN(C(=O)OC(C)(C)C)CC1CN. The summed E-state index contributed by atoms with van der Waals surface area (Å²) in [5, 5.41) is 0. The molecule has 0 aromatic carbocycles. The number of ether oxygens (including phenoxy) is 1. The zero-order chi connectivity index (χ0) is 14.6. The molecule has 1 heterocycles. The fraction of sp³-hybridized carbons (Fsp3) is 0.929. The summed E-state index contributed by atoms with van der Waals surface area (Å²) >= 11 is 0. The second kappa shape index (κ2) is 6.57. The minimum absolute atomic E-state index is 0.227. The highest BCUT2D eigenvalue weighted by Gasteiger charge is 2.32. The van der Waals surface area contributed by atoms with Crippen LogP contribution in [0.25, 0.3) is 0 Å². The summed E-state index contributed by atoms with van der Waals surface area (Å²) < 4.78 is 5.42. The summed E-state index contributed by atoms with van der Waals surface area (Å²) in [6.45, 7) is 12.9. The van der Waals surface area contributed by atoms with Crippen molar-refractivity contribution in [2.45, 2.75) is 58.7 Å². The molecule has 2 N–H and O–H groups in total. The Kier molecular flexibility index (Phi) is 5.62. The van der Waals surface area contributed by atoms with Crippen LogP contribution in [0.4, 0.5) is 4.79 Å². The van der Waals surface area contributed by atoms with Gasteiger partial charge in [-0.05, 0) is 34.1 Å². The third kappa shape index (κ3) is 4.66. The van der Waals surface area contributed by atoms with Crippen LogP contribution in [0.1, 0.15) is 41.0 Å². The van der Waals surface area contributed by atoms with Crippen molar-refractivity contribution in [3.63, 3.8) is 0 Å².